The maximum Gasteiger partial charge on any atom is 0.416 e. The van der Waals surface area contributed by atoms with Gasteiger partial charge in [0.2, 0.25) is 5.91 Å². The highest BCUT2D eigenvalue weighted by Gasteiger charge is 2.46. The monoisotopic (exact) mass is 530 g/mol. The van der Waals surface area contributed by atoms with Crippen LogP contribution in [0.5, 0.6) is 0 Å². The van der Waals surface area contributed by atoms with Crippen molar-refractivity contribution in [3.8, 4) is 0 Å². The van der Waals surface area contributed by atoms with Crippen LogP contribution < -0.4 is 0 Å². The van der Waals surface area contributed by atoms with Gasteiger partial charge in [0.05, 0.1) is 11.9 Å². The first kappa shape index (κ1) is 24.9. The molecule has 6 rings (SSSR count). The Morgan fingerprint density at radius 2 is 1.95 bits per heavy atom. The third kappa shape index (κ3) is 5.43. The normalized spacial score (nSPS) is 25.6. The van der Waals surface area contributed by atoms with Gasteiger partial charge in [-0.05, 0) is 91.4 Å². The van der Waals surface area contributed by atoms with E-state index < -0.39 is 11.7 Å². The van der Waals surface area contributed by atoms with E-state index in [0.717, 1.165) is 81.5 Å². The second-order valence-electron chi connectivity index (χ2n) is 11.1. The minimum absolute atomic E-state index is 0.174. The molecule has 37 heavy (non-hydrogen) atoms. The van der Waals surface area contributed by atoms with Gasteiger partial charge in [-0.15, -0.1) is 11.3 Å². The molecule has 198 valence electrons. The second kappa shape index (κ2) is 10.1. The van der Waals surface area contributed by atoms with Crippen LogP contribution in [0.4, 0.5) is 13.2 Å². The van der Waals surface area contributed by atoms with Crippen molar-refractivity contribution in [1.29, 1.82) is 0 Å². The molecule has 2 aliphatic heterocycles. The van der Waals surface area contributed by atoms with E-state index in [1.165, 1.54) is 29.0 Å². The number of hydrogen-bond donors (Lipinski definition) is 0. The van der Waals surface area contributed by atoms with Gasteiger partial charge in [-0.1, -0.05) is 6.07 Å². The van der Waals surface area contributed by atoms with Gasteiger partial charge in [0, 0.05) is 49.2 Å². The van der Waals surface area contributed by atoms with Crippen LogP contribution in [-0.4, -0.2) is 58.0 Å². The van der Waals surface area contributed by atoms with Crippen molar-refractivity contribution in [1.82, 2.24) is 19.4 Å². The molecule has 0 N–H and O–H groups in total. The molecule has 1 saturated carbocycles. The highest BCUT2D eigenvalue weighted by molar-refractivity contribution is 7.17. The topological polar surface area (TPSA) is 41.4 Å². The first-order valence-electron chi connectivity index (χ1n) is 13.4. The predicted molar refractivity (Wildman–Crippen MR) is 138 cm³/mol. The summed E-state index contributed by atoms with van der Waals surface area (Å²) in [7, 11) is 0. The van der Waals surface area contributed by atoms with Crippen molar-refractivity contribution in [2.45, 2.75) is 50.7 Å². The fourth-order valence-electron chi connectivity index (χ4n) is 6.39. The molecule has 9 heteroatoms. The summed E-state index contributed by atoms with van der Waals surface area (Å²) < 4.78 is 42.0. The van der Waals surface area contributed by atoms with Crippen LogP contribution in [0.15, 0.2) is 42.3 Å². The molecular formula is C28H33F3N4OS. The Labute approximate surface area is 219 Å². The molecule has 3 fully saturated rings. The van der Waals surface area contributed by atoms with E-state index in [0.29, 0.717) is 23.7 Å². The third-order valence-electron chi connectivity index (χ3n) is 8.55. The number of imidazole rings is 1. The number of amides is 1. The van der Waals surface area contributed by atoms with E-state index in [4.69, 9.17) is 0 Å². The summed E-state index contributed by atoms with van der Waals surface area (Å²) in [5, 5.41) is 3.02. The van der Waals surface area contributed by atoms with Crippen LogP contribution in [0.25, 0.3) is 10.1 Å². The van der Waals surface area contributed by atoms with Crippen molar-refractivity contribution >= 4 is 27.3 Å². The highest BCUT2D eigenvalue weighted by atomic mass is 32.1. The van der Waals surface area contributed by atoms with Crippen LogP contribution in [-0.2, 0) is 17.5 Å². The molecular weight excluding hydrogens is 497 g/mol. The van der Waals surface area contributed by atoms with Crippen LogP contribution in [0, 0.1) is 17.8 Å². The Bertz CT molecular complexity index is 1230. The summed E-state index contributed by atoms with van der Waals surface area (Å²) in [5.74, 6) is 1.86. The van der Waals surface area contributed by atoms with Crippen molar-refractivity contribution in [3.63, 3.8) is 0 Å². The molecule has 3 aromatic rings. The summed E-state index contributed by atoms with van der Waals surface area (Å²) in [6, 6.07) is 4.14. The fourth-order valence-corrected chi connectivity index (χ4v) is 7.47. The largest absolute Gasteiger partial charge is 0.416 e. The molecule has 4 heterocycles. The molecule has 2 saturated heterocycles. The third-order valence-corrected chi connectivity index (χ3v) is 9.52. The number of carbonyl (C=O) groups is 1. The number of halogens is 3. The van der Waals surface area contributed by atoms with Gasteiger partial charge >= 0.3 is 6.18 Å². The zero-order chi connectivity index (χ0) is 25.6. The molecule has 5 nitrogen and oxygen atoms in total. The number of alkyl halides is 3. The first-order valence-corrected chi connectivity index (χ1v) is 14.3. The lowest BCUT2D eigenvalue weighted by atomic mass is 9.89. The van der Waals surface area contributed by atoms with E-state index in [9.17, 15) is 18.0 Å². The molecule has 0 unspecified atom stereocenters. The lowest BCUT2D eigenvalue weighted by molar-refractivity contribution is -0.137. The Kier molecular flexibility index (Phi) is 6.77. The Morgan fingerprint density at radius 1 is 1.11 bits per heavy atom. The average Bonchev–Trinajstić information content (AvgIpc) is 3.25. The van der Waals surface area contributed by atoms with E-state index >= 15 is 0 Å². The molecule has 3 atom stereocenters. The average molecular weight is 531 g/mol. The summed E-state index contributed by atoms with van der Waals surface area (Å²) in [5.41, 5.74) is 0.623. The smallest absolute Gasteiger partial charge is 0.342 e. The highest BCUT2D eigenvalue weighted by Crippen LogP contribution is 2.43. The summed E-state index contributed by atoms with van der Waals surface area (Å²) >= 11 is 1.42. The number of piperidine rings is 2. The quantitative estimate of drug-likeness (QED) is 0.400. The van der Waals surface area contributed by atoms with Crippen molar-refractivity contribution in [2.75, 3.05) is 32.7 Å². The van der Waals surface area contributed by atoms with Gasteiger partial charge in [-0.25, -0.2) is 4.98 Å². The van der Waals surface area contributed by atoms with E-state index in [2.05, 4.69) is 24.7 Å². The van der Waals surface area contributed by atoms with Gasteiger partial charge in [0.25, 0.3) is 0 Å². The van der Waals surface area contributed by atoms with E-state index in [1.807, 2.05) is 12.5 Å². The summed E-state index contributed by atoms with van der Waals surface area (Å²) in [6.45, 7) is 5.61. The predicted octanol–water partition coefficient (Wildman–Crippen LogP) is 5.87. The lowest BCUT2D eigenvalue weighted by Gasteiger charge is -2.34. The number of likely N-dealkylation sites (tertiary alicyclic amines) is 2. The number of hydrogen-bond acceptors (Lipinski definition) is 4. The maximum absolute atomic E-state index is 13.2. The number of fused-ring (bicyclic) bond motifs is 1. The summed E-state index contributed by atoms with van der Waals surface area (Å²) in [6.07, 6.45) is 6.61. The Balaban J connectivity index is 0.987. The first-order chi connectivity index (χ1) is 17.8. The molecule has 0 spiro atoms. The zero-order valence-corrected chi connectivity index (χ0v) is 21.7. The Morgan fingerprint density at radius 3 is 2.70 bits per heavy atom. The molecule has 1 aliphatic carbocycles. The van der Waals surface area contributed by atoms with Crippen LogP contribution in [0.3, 0.4) is 0 Å². The fraction of sp³-hybridized carbons (Fsp3) is 0.571. The minimum atomic E-state index is -4.30. The van der Waals surface area contributed by atoms with Gasteiger partial charge < -0.3 is 14.4 Å². The van der Waals surface area contributed by atoms with Crippen molar-refractivity contribution in [2.24, 2.45) is 17.8 Å². The molecule has 0 radical (unpaired) electrons. The molecule has 0 bridgehead atoms. The van der Waals surface area contributed by atoms with Crippen molar-refractivity contribution < 1.29 is 18.0 Å². The number of carbonyl (C=O) groups excluding carboxylic acids is 1. The SMILES string of the molecule is O=C([C@H]1C[C@@H]1CN1CCC(c2csc3cc(C(F)(F)F)ccc23)CC1)N1CCC[C@@H](Cn2ccnc2)C1. The van der Waals surface area contributed by atoms with Crippen molar-refractivity contribution in [3.05, 3.63) is 53.4 Å². The van der Waals surface area contributed by atoms with Gasteiger partial charge in [-0.3, -0.25) is 4.79 Å². The van der Waals surface area contributed by atoms with Gasteiger partial charge in [-0.2, -0.15) is 13.2 Å². The number of aromatic nitrogens is 2. The Hall–Kier alpha value is -2.39. The minimum Gasteiger partial charge on any atom is -0.342 e. The van der Waals surface area contributed by atoms with Crippen LogP contribution >= 0.6 is 11.3 Å². The second-order valence-corrected chi connectivity index (χ2v) is 12.0. The van der Waals surface area contributed by atoms with Crippen LogP contribution in [0.2, 0.25) is 0 Å². The molecule has 1 amide bonds. The van der Waals surface area contributed by atoms with E-state index in [-0.39, 0.29) is 5.92 Å². The lowest BCUT2D eigenvalue weighted by Crippen LogP contribution is -2.42. The van der Waals surface area contributed by atoms with Crippen LogP contribution in [0.1, 0.15) is 49.1 Å². The number of thiophene rings is 1. The number of rotatable bonds is 6. The molecule has 3 aliphatic rings. The number of benzene rings is 1. The molecule has 2 aromatic heterocycles. The van der Waals surface area contributed by atoms with E-state index in [1.54, 1.807) is 12.3 Å². The summed E-state index contributed by atoms with van der Waals surface area (Å²) in [4.78, 5) is 21.9. The number of nitrogens with zero attached hydrogens (tertiary/aromatic N) is 4. The molecule has 1 aromatic carbocycles. The standard InChI is InChI=1S/C28H33F3N4OS/c29-28(30,31)22-3-4-23-25(17-37-26(23)13-22)20-5-9-33(10-6-20)16-21-12-24(21)27(36)35-8-1-2-19(15-35)14-34-11-7-32-18-34/h3-4,7,11,13,17-21,24H,1-2,5-6,8-10,12,14-16H2/t19-,21+,24-/m0/s1. The zero-order valence-electron chi connectivity index (χ0n) is 20.9. The maximum atomic E-state index is 13.2. The van der Waals surface area contributed by atoms with Gasteiger partial charge in [0.1, 0.15) is 0 Å². The van der Waals surface area contributed by atoms with Gasteiger partial charge in [0.15, 0.2) is 0 Å².